The molecule has 0 saturated heterocycles. The molecule has 0 radical (unpaired) electrons. The van der Waals surface area contributed by atoms with E-state index in [0.717, 1.165) is 29.1 Å². The Morgan fingerprint density at radius 2 is 1.81 bits per heavy atom. The van der Waals surface area contributed by atoms with Crippen molar-refractivity contribution in [2.75, 3.05) is 6.61 Å². The van der Waals surface area contributed by atoms with Gasteiger partial charge < -0.3 is 10.1 Å². The maximum Gasteiger partial charge on any atom is 0.446 e. The number of thioether (sulfide) groups is 1. The number of halogens is 3. The maximum absolute atomic E-state index is 12.2. The smallest absolute Gasteiger partial charge is 0.446 e. The first kappa shape index (κ1) is 20.8. The second kappa shape index (κ2) is 9.42. The summed E-state index contributed by atoms with van der Waals surface area (Å²) in [5, 5.41) is 6.30. The number of alkyl halides is 3. The lowest BCUT2D eigenvalue weighted by atomic mass is 10.2. The number of urea groups is 1. The van der Waals surface area contributed by atoms with Crippen molar-refractivity contribution in [3.05, 3.63) is 52.2 Å². The second-order valence-corrected chi connectivity index (χ2v) is 7.13. The molecule has 1 aromatic heterocycles. The quantitative estimate of drug-likeness (QED) is 0.554. The van der Waals surface area contributed by atoms with E-state index in [-0.39, 0.29) is 28.8 Å². The largest absolute Gasteiger partial charge is 0.452 e. The number of hydrogen-bond donors (Lipinski definition) is 2. The normalized spacial score (nSPS) is 10.9. The molecule has 0 aliphatic rings. The Morgan fingerprint density at radius 3 is 2.41 bits per heavy atom. The molecule has 0 unspecified atom stereocenters. The number of ether oxygens (including phenoxy) is 1. The van der Waals surface area contributed by atoms with Crippen molar-refractivity contribution < 1.29 is 32.3 Å². The van der Waals surface area contributed by atoms with E-state index < -0.39 is 30.0 Å². The Kier molecular flexibility index (Phi) is 7.25. The molecule has 11 heteroatoms. The van der Waals surface area contributed by atoms with Gasteiger partial charge >= 0.3 is 17.5 Å². The van der Waals surface area contributed by atoms with Crippen LogP contribution in [0.25, 0.3) is 0 Å². The number of carbonyl (C=O) groups excluding carboxylic acids is 3. The lowest BCUT2D eigenvalue weighted by Crippen LogP contribution is -2.41. The van der Waals surface area contributed by atoms with Crippen LogP contribution in [-0.2, 0) is 16.1 Å². The number of thiophene rings is 1. The van der Waals surface area contributed by atoms with Crippen LogP contribution in [0.15, 0.2) is 46.7 Å². The third-order valence-corrected chi connectivity index (χ3v) is 4.53. The number of amides is 3. The lowest BCUT2D eigenvalue weighted by molar-refractivity contribution is -0.123. The van der Waals surface area contributed by atoms with Gasteiger partial charge in [-0.3, -0.25) is 10.1 Å². The van der Waals surface area contributed by atoms with Crippen LogP contribution in [0.2, 0.25) is 0 Å². The van der Waals surface area contributed by atoms with Crippen LogP contribution in [0.5, 0.6) is 0 Å². The number of nitrogens with one attached hydrogen (secondary N) is 2. The van der Waals surface area contributed by atoms with Gasteiger partial charge in [-0.25, -0.2) is 9.59 Å². The highest BCUT2D eigenvalue weighted by atomic mass is 32.2. The number of benzene rings is 1. The summed E-state index contributed by atoms with van der Waals surface area (Å²) >= 11 is 1.13. The highest BCUT2D eigenvalue weighted by Crippen LogP contribution is 2.36. The van der Waals surface area contributed by atoms with Crippen molar-refractivity contribution in [2.24, 2.45) is 0 Å². The summed E-state index contributed by atoms with van der Waals surface area (Å²) in [6, 6.07) is 7.44. The van der Waals surface area contributed by atoms with E-state index in [0.29, 0.717) is 0 Å². The first-order chi connectivity index (χ1) is 12.7. The molecule has 0 bridgehead atoms. The van der Waals surface area contributed by atoms with Gasteiger partial charge in [0.25, 0.3) is 5.91 Å². The van der Waals surface area contributed by atoms with Crippen molar-refractivity contribution in [1.82, 2.24) is 10.6 Å². The van der Waals surface area contributed by atoms with Crippen LogP contribution in [0, 0.1) is 0 Å². The summed E-state index contributed by atoms with van der Waals surface area (Å²) in [6.07, 6.45) is 0. The van der Waals surface area contributed by atoms with Gasteiger partial charge in [0.1, 0.15) is 0 Å². The van der Waals surface area contributed by atoms with Gasteiger partial charge in [0.05, 0.1) is 12.1 Å². The SMILES string of the molecule is O=C(COC(=O)c1ccc(SC(F)(F)F)cc1)NC(=O)NCc1cccs1. The molecule has 0 atom stereocenters. The summed E-state index contributed by atoms with van der Waals surface area (Å²) in [4.78, 5) is 35.7. The van der Waals surface area contributed by atoms with Crippen molar-refractivity contribution in [2.45, 2.75) is 16.9 Å². The minimum absolute atomic E-state index is 0.0172. The standard InChI is InChI=1S/C16H13F3N2O4S2/c17-16(18,19)27-11-5-3-10(4-6-11)14(23)25-9-13(22)21-15(24)20-8-12-2-1-7-26-12/h1-7H,8-9H2,(H2,20,21,22,24). The van der Waals surface area contributed by atoms with E-state index in [1.54, 1.807) is 0 Å². The lowest BCUT2D eigenvalue weighted by Gasteiger charge is -2.08. The molecular formula is C16H13F3N2O4S2. The molecule has 144 valence electrons. The number of esters is 1. The van der Waals surface area contributed by atoms with E-state index in [4.69, 9.17) is 4.74 Å². The van der Waals surface area contributed by atoms with Gasteiger partial charge in [0.2, 0.25) is 0 Å². The fourth-order valence-corrected chi connectivity index (χ4v) is 2.98. The minimum atomic E-state index is -4.43. The number of carbonyl (C=O) groups is 3. The molecule has 0 fully saturated rings. The Balaban J connectivity index is 1.74. The molecular weight excluding hydrogens is 405 g/mol. The Labute approximate surface area is 160 Å². The number of hydrogen-bond acceptors (Lipinski definition) is 6. The van der Waals surface area contributed by atoms with Crippen LogP contribution in [0.3, 0.4) is 0 Å². The molecule has 6 nitrogen and oxygen atoms in total. The molecule has 2 N–H and O–H groups in total. The predicted octanol–water partition coefficient (Wildman–Crippen LogP) is 3.54. The van der Waals surface area contributed by atoms with Gasteiger partial charge in [0, 0.05) is 9.77 Å². The van der Waals surface area contributed by atoms with Crippen LogP contribution >= 0.6 is 23.1 Å². The Morgan fingerprint density at radius 1 is 1.11 bits per heavy atom. The monoisotopic (exact) mass is 418 g/mol. The minimum Gasteiger partial charge on any atom is -0.452 e. The van der Waals surface area contributed by atoms with Crippen LogP contribution < -0.4 is 10.6 Å². The summed E-state index contributed by atoms with van der Waals surface area (Å²) in [5.74, 6) is -1.73. The number of imide groups is 1. The fraction of sp³-hybridized carbons (Fsp3) is 0.188. The molecule has 0 saturated carbocycles. The van der Waals surface area contributed by atoms with Gasteiger partial charge in [-0.15, -0.1) is 11.3 Å². The molecule has 0 aliphatic carbocycles. The Bertz CT molecular complexity index is 793. The van der Waals surface area contributed by atoms with Crippen molar-refractivity contribution in [3.63, 3.8) is 0 Å². The first-order valence-corrected chi connectivity index (χ1v) is 9.05. The topological polar surface area (TPSA) is 84.5 Å². The molecule has 2 rings (SSSR count). The zero-order valence-electron chi connectivity index (χ0n) is 13.5. The van der Waals surface area contributed by atoms with Gasteiger partial charge in [-0.2, -0.15) is 13.2 Å². The van der Waals surface area contributed by atoms with E-state index in [9.17, 15) is 27.6 Å². The van der Waals surface area contributed by atoms with Crippen molar-refractivity contribution in [3.8, 4) is 0 Å². The van der Waals surface area contributed by atoms with Crippen LogP contribution in [0.1, 0.15) is 15.2 Å². The third-order valence-electron chi connectivity index (χ3n) is 2.91. The summed E-state index contributed by atoms with van der Waals surface area (Å²) in [5.41, 5.74) is -4.44. The molecule has 2 aromatic rings. The van der Waals surface area contributed by atoms with Crippen molar-refractivity contribution >= 4 is 41.0 Å². The Hall–Kier alpha value is -2.53. The van der Waals surface area contributed by atoms with Crippen LogP contribution in [-0.4, -0.2) is 30.0 Å². The van der Waals surface area contributed by atoms with Gasteiger partial charge in [0.15, 0.2) is 6.61 Å². The first-order valence-electron chi connectivity index (χ1n) is 7.36. The number of rotatable bonds is 6. The fourth-order valence-electron chi connectivity index (χ4n) is 1.79. The molecule has 1 heterocycles. The van der Waals surface area contributed by atoms with E-state index in [2.05, 4.69) is 5.32 Å². The molecule has 0 spiro atoms. The molecule has 3 amide bonds. The van der Waals surface area contributed by atoms with Crippen molar-refractivity contribution in [1.29, 1.82) is 0 Å². The third kappa shape index (κ3) is 7.71. The highest BCUT2D eigenvalue weighted by molar-refractivity contribution is 8.00. The summed E-state index contributed by atoms with van der Waals surface area (Å²) in [7, 11) is 0. The maximum atomic E-state index is 12.2. The summed E-state index contributed by atoms with van der Waals surface area (Å²) in [6.45, 7) is -0.455. The highest BCUT2D eigenvalue weighted by Gasteiger charge is 2.29. The van der Waals surface area contributed by atoms with Gasteiger partial charge in [-0.1, -0.05) is 6.07 Å². The second-order valence-electron chi connectivity index (χ2n) is 4.96. The predicted molar refractivity (Wildman–Crippen MR) is 93.3 cm³/mol. The van der Waals surface area contributed by atoms with E-state index in [1.807, 2.05) is 22.8 Å². The van der Waals surface area contributed by atoms with E-state index in [1.165, 1.54) is 11.3 Å². The molecule has 27 heavy (non-hydrogen) atoms. The molecule has 0 aliphatic heterocycles. The van der Waals surface area contributed by atoms with E-state index >= 15 is 0 Å². The average molecular weight is 418 g/mol. The zero-order chi connectivity index (χ0) is 19.9. The molecule has 1 aromatic carbocycles. The zero-order valence-corrected chi connectivity index (χ0v) is 15.2. The summed E-state index contributed by atoms with van der Waals surface area (Å²) < 4.78 is 41.5. The average Bonchev–Trinajstić information content (AvgIpc) is 3.10. The van der Waals surface area contributed by atoms with Crippen LogP contribution in [0.4, 0.5) is 18.0 Å². The van der Waals surface area contributed by atoms with Gasteiger partial charge in [-0.05, 0) is 47.5 Å².